The number of hydrogen-bond acceptors (Lipinski definition) is 2. The number of carboxylic acids is 2. The van der Waals surface area contributed by atoms with Gasteiger partial charge >= 0.3 is 41.5 Å². The van der Waals surface area contributed by atoms with Crippen molar-refractivity contribution in [2.75, 3.05) is 0 Å². The molecular formula is C3H5FeNaO4. The van der Waals surface area contributed by atoms with Gasteiger partial charge in [0.25, 0.3) is 0 Å². The molecule has 0 saturated carbocycles. The molecule has 0 aliphatic carbocycles. The van der Waals surface area contributed by atoms with Crippen LogP contribution >= 0.6 is 0 Å². The first-order chi connectivity index (χ1) is 3.13. The van der Waals surface area contributed by atoms with Crippen molar-refractivity contribution in [3.63, 3.8) is 0 Å². The summed E-state index contributed by atoms with van der Waals surface area (Å²) >= 11 is 0. The molecule has 0 aliphatic rings. The molecule has 0 atom stereocenters. The Morgan fingerprint density at radius 3 is 1.33 bits per heavy atom. The predicted molar refractivity (Wildman–Crippen MR) is 27.0 cm³/mol. The third-order valence-electron chi connectivity index (χ3n) is 0.302. The Bertz CT molecular complexity index is 92.0. The Balaban J connectivity index is -0.000000180. The molecule has 0 aromatic heterocycles. The van der Waals surface area contributed by atoms with Crippen LogP contribution in [0.3, 0.4) is 0 Å². The van der Waals surface area contributed by atoms with Crippen LogP contribution in [0.5, 0.6) is 0 Å². The van der Waals surface area contributed by atoms with E-state index in [2.05, 4.69) is 0 Å². The molecule has 9 heavy (non-hydrogen) atoms. The van der Waals surface area contributed by atoms with Crippen LogP contribution < -0.4 is 0 Å². The fourth-order valence-corrected chi connectivity index (χ4v) is 0.129. The van der Waals surface area contributed by atoms with E-state index in [1.807, 2.05) is 0 Å². The van der Waals surface area contributed by atoms with E-state index in [0.29, 0.717) is 0 Å². The molecule has 0 aromatic rings. The van der Waals surface area contributed by atoms with Gasteiger partial charge in [-0.05, 0) is 0 Å². The van der Waals surface area contributed by atoms with E-state index in [9.17, 15) is 9.59 Å². The molecule has 0 amide bonds. The Labute approximate surface area is 84.4 Å². The molecule has 4 nitrogen and oxygen atoms in total. The second-order valence-corrected chi connectivity index (χ2v) is 0.964. The van der Waals surface area contributed by atoms with Crippen molar-refractivity contribution in [2.24, 2.45) is 0 Å². The molecule has 0 aromatic carbocycles. The van der Waals surface area contributed by atoms with Crippen LogP contribution in [0.4, 0.5) is 0 Å². The molecule has 0 heterocycles. The summed E-state index contributed by atoms with van der Waals surface area (Å²) in [5.74, 6) is -2.62. The van der Waals surface area contributed by atoms with E-state index in [-0.39, 0.29) is 46.6 Å². The van der Waals surface area contributed by atoms with Crippen LogP contribution in [0.25, 0.3) is 0 Å². The van der Waals surface area contributed by atoms with E-state index in [1.165, 1.54) is 0 Å². The number of hydrogen-bond donors (Lipinski definition) is 2. The summed E-state index contributed by atoms with van der Waals surface area (Å²) in [4.78, 5) is 18.9. The van der Waals surface area contributed by atoms with E-state index in [4.69, 9.17) is 10.2 Å². The first kappa shape index (κ1) is 16.2. The number of carboxylic acid groups (broad SMARTS) is 2. The third kappa shape index (κ3) is 17.7. The molecular weight excluding hydrogens is 179 g/mol. The van der Waals surface area contributed by atoms with Gasteiger partial charge in [0.05, 0.1) is 0 Å². The SMILES string of the molecule is O=C(O)CC(=O)O.[Fe].[NaH]. The number of aliphatic carboxylic acids is 2. The second-order valence-electron chi connectivity index (χ2n) is 0.964. The van der Waals surface area contributed by atoms with Gasteiger partial charge < -0.3 is 10.2 Å². The van der Waals surface area contributed by atoms with E-state index >= 15 is 0 Å². The molecule has 0 aliphatic heterocycles. The molecule has 0 saturated heterocycles. The first-order valence-corrected chi connectivity index (χ1v) is 1.56. The Morgan fingerprint density at radius 2 is 1.33 bits per heavy atom. The summed E-state index contributed by atoms with van der Waals surface area (Å²) in [6.45, 7) is 0. The van der Waals surface area contributed by atoms with Crippen molar-refractivity contribution in [3.8, 4) is 0 Å². The Kier molecular flexibility index (Phi) is 15.2. The van der Waals surface area contributed by atoms with Gasteiger partial charge in [0.1, 0.15) is 6.42 Å². The summed E-state index contributed by atoms with van der Waals surface area (Å²) in [7, 11) is 0. The molecule has 0 rings (SSSR count). The molecule has 0 unspecified atom stereocenters. The second kappa shape index (κ2) is 8.46. The maximum atomic E-state index is 9.43. The zero-order valence-electron chi connectivity index (χ0n) is 3.77. The molecule has 50 valence electrons. The van der Waals surface area contributed by atoms with Crippen LogP contribution in [0.1, 0.15) is 6.42 Å². The van der Waals surface area contributed by atoms with Crippen LogP contribution in [-0.4, -0.2) is 51.7 Å². The van der Waals surface area contributed by atoms with Crippen molar-refractivity contribution in [1.82, 2.24) is 0 Å². The van der Waals surface area contributed by atoms with E-state index in [0.717, 1.165) is 0 Å². The van der Waals surface area contributed by atoms with Crippen LogP contribution in [0.2, 0.25) is 0 Å². The van der Waals surface area contributed by atoms with Gasteiger partial charge in [0.2, 0.25) is 0 Å². The predicted octanol–water partition coefficient (Wildman–Crippen LogP) is -1.11. The summed E-state index contributed by atoms with van der Waals surface area (Å²) < 4.78 is 0. The topological polar surface area (TPSA) is 74.6 Å². The molecule has 6 heteroatoms. The molecule has 2 N–H and O–H groups in total. The standard InChI is InChI=1S/C3H4O4.Fe.Na.H/c4-2(5)1-3(6)7;;;/h1H2,(H,4,5)(H,6,7);;;. The summed E-state index contributed by atoms with van der Waals surface area (Å²) in [5.41, 5.74) is 0. The fraction of sp³-hybridized carbons (Fsp3) is 0.333. The molecule has 0 radical (unpaired) electrons. The first-order valence-electron chi connectivity index (χ1n) is 1.56. The maximum absolute atomic E-state index is 9.43. The van der Waals surface area contributed by atoms with Crippen LogP contribution in [0.15, 0.2) is 0 Å². The number of carbonyl (C=O) groups is 2. The average Bonchev–Trinajstić information content (AvgIpc) is 1.27. The third-order valence-corrected chi connectivity index (χ3v) is 0.302. The van der Waals surface area contributed by atoms with Gasteiger partial charge in [-0.3, -0.25) is 9.59 Å². The van der Waals surface area contributed by atoms with Crippen LogP contribution in [0, 0.1) is 0 Å². The fourth-order valence-electron chi connectivity index (χ4n) is 0.129. The van der Waals surface area contributed by atoms with Crippen molar-refractivity contribution < 1.29 is 36.9 Å². The molecule has 0 spiro atoms. The molecule has 0 bridgehead atoms. The monoisotopic (exact) mass is 184 g/mol. The van der Waals surface area contributed by atoms with Gasteiger partial charge in [-0.2, -0.15) is 0 Å². The zero-order chi connectivity index (χ0) is 5.86. The van der Waals surface area contributed by atoms with Crippen molar-refractivity contribution in [1.29, 1.82) is 0 Å². The van der Waals surface area contributed by atoms with E-state index in [1.54, 1.807) is 0 Å². The van der Waals surface area contributed by atoms with Gasteiger partial charge in [0.15, 0.2) is 0 Å². The van der Waals surface area contributed by atoms with Gasteiger partial charge in [-0.25, -0.2) is 0 Å². The summed E-state index contributed by atoms with van der Waals surface area (Å²) in [6, 6.07) is 0. The van der Waals surface area contributed by atoms with Crippen LogP contribution in [-0.2, 0) is 26.7 Å². The zero-order valence-corrected chi connectivity index (χ0v) is 4.88. The van der Waals surface area contributed by atoms with E-state index < -0.39 is 18.4 Å². The summed E-state index contributed by atoms with van der Waals surface area (Å²) in [6.07, 6.45) is -0.806. The Hall–Kier alpha value is 0.459. The Morgan fingerprint density at radius 1 is 1.11 bits per heavy atom. The van der Waals surface area contributed by atoms with Gasteiger partial charge in [-0.1, -0.05) is 0 Å². The van der Waals surface area contributed by atoms with Crippen molar-refractivity contribution in [3.05, 3.63) is 0 Å². The molecule has 0 fully saturated rings. The quantitative estimate of drug-likeness (QED) is 0.421. The van der Waals surface area contributed by atoms with Gasteiger partial charge in [-0.15, -0.1) is 0 Å². The van der Waals surface area contributed by atoms with Crippen molar-refractivity contribution >= 4 is 41.5 Å². The average molecular weight is 184 g/mol. The number of rotatable bonds is 2. The van der Waals surface area contributed by atoms with Gasteiger partial charge in [0, 0.05) is 17.1 Å². The summed E-state index contributed by atoms with van der Waals surface area (Å²) in [5, 5.41) is 15.4. The minimum absolute atomic E-state index is 0. The normalized spacial score (nSPS) is 6.22. The van der Waals surface area contributed by atoms with Crippen molar-refractivity contribution in [2.45, 2.75) is 6.42 Å². The minimum atomic E-state index is -1.31.